The van der Waals surface area contributed by atoms with Gasteiger partial charge in [-0.3, -0.25) is 0 Å². The van der Waals surface area contributed by atoms with Gasteiger partial charge in [-0.2, -0.15) is 9.61 Å². The van der Waals surface area contributed by atoms with Crippen LogP contribution in [0.15, 0.2) is 95.5 Å². The van der Waals surface area contributed by atoms with Crippen molar-refractivity contribution < 1.29 is 28.2 Å². The number of carboxylic acids is 1. The number of aromatic nitrogens is 3. The fraction of sp³-hybridized carbons (Fsp3) is 0.460. The van der Waals surface area contributed by atoms with Gasteiger partial charge in [0.15, 0.2) is 11.8 Å². The number of halogens is 2. The third-order valence-electron chi connectivity index (χ3n) is 11.8. The predicted molar refractivity (Wildman–Crippen MR) is 254 cm³/mol. The van der Waals surface area contributed by atoms with Crippen LogP contribution in [0.4, 0.5) is 10.2 Å². The first-order valence-electron chi connectivity index (χ1n) is 21.9. The van der Waals surface area contributed by atoms with Crippen molar-refractivity contribution in [3.8, 4) is 0 Å². The molecule has 0 amide bonds. The van der Waals surface area contributed by atoms with E-state index in [0.717, 1.165) is 37.7 Å². The Morgan fingerprint density at radius 1 is 0.968 bits per heavy atom. The Labute approximate surface area is 377 Å². The zero-order chi connectivity index (χ0) is 44.9. The van der Waals surface area contributed by atoms with E-state index in [1.165, 1.54) is 22.5 Å². The molecule has 12 heteroatoms. The molecule has 9 nitrogen and oxygen atoms in total. The van der Waals surface area contributed by atoms with Crippen LogP contribution in [-0.2, 0) is 25.1 Å². The van der Waals surface area contributed by atoms with Crippen LogP contribution in [0.5, 0.6) is 0 Å². The van der Waals surface area contributed by atoms with Gasteiger partial charge in [-0.25, -0.2) is 14.2 Å². The highest BCUT2D eigenvalue weighted by atomic mass is 79.9. The number of aliphatic carboxylic acids is 1. The molecule has 332 valence electrons. The monoisotopic (exact) mass is 926 g/mol. The third-order valence-corrected chi connectivity index (χ3v) is 17.7. The molecule has 5 aromatic rings. The van der Waals surface area contributed by atoms with Crippen LogP contribution >= 0.6 is 15.9 Å². The van der Waals surface area contributed by atoms with E-state index in [9.17, 15) is 14.3 Å². The molecule has 62 heavy (non-hydrogen) atoms. The number of unbranched alkanes of at least 4 members (excludes halogenated alkanes) is 1. The first-order chi connectivity index (χ1) is 29.3. The predicted octanol–water partition coefficient (Wildman–Crippen LogP) is 10.6. The summed E-state index contributed by atoms with van der Waals surface area (Å²) in [6, 6.07) is 28.2. The molecule has 6 rings (SSSR count). The first-order valence-corrected chi connectivity index (χ1v) is 24.6. The second kappa shape index (κ2) is 19.7. The summed E-state index contributed by atoms with van der Waals surface area (Å²) in [7, 11) is -2.63. The summed E-state index contributed by atoms with van der Waals surface area (Å²) >= 11 is 3.46. The van der Waals surface area contributed by atoms with Crippen LogP contribution in [0.1, 0.15) is 116 Å². The average Bonchev–Trinajstić information content (AvgIpc) is 3.61. The fourth-order valence-electron chi connectivity index (χ4n) is 8.65. The molecule has 1 aliphatic rings. The maximum atomic E-state index is 13.7. The molecule has 0 bridgehead atoms. The number of ether oxygens (including phenoxy) is 2. The van der Waals surface area contributed by atoms with E-state index in [2.05, 4.69) is 116 Å². The van der Waals surface area contributed by atoms with Crippen molar-refractivity contribution in [1.82, 2.24) is 14.6 Å². The van der Waals surface area contributed by atoms with Gasteiger partial charge < -0.3 is 23.9 Å². The van der Waals surface area contributed by atoms with Gasteiger partial charge in [-0.1, -0.05) is 110 Å². The average molecular weight is 928 g/mol. The molecular weight excluding hydrogens is 864 g/mol. The second-order valence-electron chi connectivity index (χ2n) is 18.9. The van der Waals surface area contributed by atoms with Gasteiger partial charge in [0.05, 0.1) is 22.5 Å². The minimum absolute atomic E-state index is 0.0714. The molecule has 1 aliphatic heterocycles. The Morgan fingerprint density at radius 3 is 2.16 bits per heavy atom. The molecule has 1 saturated heterocycles. The zero-order valence-corrected chi connectivity index (χ0v) is 40.5. The topological polar surface area (TPSA) is 98.4 Å². The molecule has 3 aromatic carbocycles. The van der Waals surface area contributed by atoms with Gasteiger partial charge in [0.25, 0.3) is 8.32 Å². The van der Waals surface area contributed by atoms with Gasteiger partial charge in [-0.05, 0) is 119 Å². The summed E-state index contributed by atoms with van der Waals surface area (Å²) in [5.74, 6) is -0.714. The van der Waals surface area contributed by atoms with Crippen LogP contribution in [0.3, 0.4) is 0 Å². The highest BCUT2D eigenvalue weighted by Crippen LogP contribution is 2.40. The summed E-state index contributed by atoms with van der Waals surface area (Å²) < 4.78 is 36.4. The molecule has 2 atom stereocenters. The smallest absolute Gasteiger partial charge is 0.337 e. The Hall–Kier alpha value is -4.20. The van der Waals surface area contributed by atoms with Gasteiger partial charge in [0, 0.05) is 42.0 Å². The van der Waals surface area contributed by atoms with E-state index < -0.39 is 26.0 Å². The van der Waals surface area contributed by atoms with Gasteiger partial charge >= 0.3 is 5.97 Å². The van der Waals surface area contributed by atoms with Crippen molar-refractivity contribution in [1.29, 1.82) is 0 Å². The molecule has 1 unspecified atom stereocenters. The summed E-state index contributed by atoms with van der Waals surface area (Å²) in [4.78, 5) is 20.0. The van der Waals surface area contributed by atoms with Crippen LogP contribution in [0.2, 0.25) is 5.04 Å². The fourth-order valence-corrected chi connectivity index (χ4v) is 13.9. The minimum Gasteiger partial charge on any atom is -0.479 e. The molecule has 1 N–H and O–H groups in total. The molecule has 0 spiro atoms. The van der Waals surface area contributed by atoms with Gasteiger partial charge in [0.1, 0.15) is 11.6 Å². The van der Waals surface area contributed by atoms with Gasteiger partial charge in [0.2, 0.25) is 0 Å². The summed E-state index contributed by atoms with van der Waals surface area (Å²) in [5.41, 5.74) is 2.24. The summed E-state index contributed by atoms with van der Waals surface area (Å²) in [5, 5.41) is 18.0. The van der Waals surface area contributed by atoms with Crippen LogP contribution in [0.25, 0.3) is 11.7 Å². The lowest BCUT2D eigenvalue weighted by molar-refractivity contribution is -0.160. The van der Waals surface area contributed by atoms with Crippen molar-refractivity contribution in [2.75, 3.05) is 24.6 Å². The Balaban J connectivity index is 1.14. The van der Waals surface area contributed by atoms with E-state index in [4.69, 9.17) is 24.0 Å². The number of hydrogen-bond acceptors (Lipinski definition) is 7. The van der Waals surface area contributed by atoms with E-state index >= 15 is 0 Å². The molecule has 0 saturated carbocycles. The van der Waals surface area contributed by atoms with Crippen molar-refractivity contribution in [2.24, 2.45) is 0 Å². The first kappa shape index (κ1) is 47.3. The molecular formula is C50H64BrFN4O5Si. The lowest BCUT2D eigenvalue weighted by Gasteiger charge is -2.44. The Morgan fingerprint density at radius 2 is 1.60 bits per heavy atom. The molecule has 1 fully saturated rings. The van der Waals surface area contributed by atoms with Crippen molar-refractivity contribution >= 4 is 58.1 Å². The summed E-state index contributed by atoms with van der Waals surface area (Å²) in [6.07, 6.45) is 7.62. The number of carboxylic acid groups (broad SMARTS) is 1. The lowest BCUT2D eigenvalue weighted by atomic mass is 9.92. The lowest BCUT2D eigenvalue weighted by Crippen LogP contribution is -2.67. The number of carbonyl (C=O) groups is 1. The minimum atomic E-state index is -2.63. The van der Waals surface area contributed by atoms with Crippen LogP contribution in [-0.4, -0.2) is 71.0 Å². The largest absolute Gasteiger partial charge is 0.479 e. The second-order valence-corrected chi connectivity index (χ2v) is 24.0. The van der Waals surface area contributed by atoms with Crippen LogP contribution < -0.4 is 15.3 Å². The van der Waals surface area contributed by atoms with Gasteiger partial charge in [-0.15, -0.1) is 0 Å². The normalized spacial score (nSPS) is 16.0. The number of nitrogens with zero attached hydrogens (tertiary/aromatic N) is 4. The highest BCUT2D eigenvalue weighted by Gasteiger charge is 2.51. The maximum absolute atomic E-state index is 13.7. The Bertz CT molecular complexity index is 2280. The highest BCUT2D eigenvalue weighted by molar-refractivity contribution is 9.10. The van der Waals surface area contributed by atoms with E-state index in [1.54, 1.807) is 10.6 Å². The van der Waals surface area contributed by atoms with Crippen LogP contribution in [0, 0.1) is 12.7 Å². The number of anilines is 1. The molecule has 0 aliphatic carbocycles. The molecule has 3 heterocycles. The van der Waals surface area contributed by atoms with E-state index in [0.29, 0.717) is 59.0 Å². The molecule has 2 aromatic heterocycles. The number of rotatable bonds is 17. The molecule has 0 radical (unpaired) electrons. The number of benzene rings is 3. The quantitative estimate of drug-likeness (QED) is 0.0727. The zero-order valence-electron chi connectivity index (χ0n) is 37.9. The Kier molecular flexibility index (Phi) is 15.0. The SMILES string of the molecule is Cc1nc2cc(/C=C/Cc3ccc(F)cc3Br)nn2c(N2CCC(C)(OCCCC[C@@H](C)O[Si](c3ccccc3)(c3ccccc3)C(C)(C)C)CC2)c1C(OC(C)(C)C)C(=O)O. The number of piperidine rings is 1. The van der Waals surface area contributed by atoms with Crippen molar-refractivity contribution in [2.45, 2.75) is 129 Å². The van der Waals surface area contributed by atoms with E-state index in [-0.39, 0.29) is 22.6 Å². The standard InChI is InChI=1S/C50H64BrFN4O5Si/c1-35(61-62(49(6,7)8,40-22-12-10-13-23-40)41-24-14-11-15-25-41)19-16-17-32-59-50(9)28-30-55(31-29-50)46-44(45(47(57)58)60-48(3,4)5)36(2)53-43-34-39(54-56(43)46)21-18-20-37-26-27-38(52)33-42(37)51/h10-15,18,21-27,33-35,45H,16-17,19-20,28-32H2,1-9H3,(H,57,58)/b21-18+/t35-,45?/m1/s1. The van der Waals surface area contributed by atoms with E-state index in [1.807, 2.05) is 45.9 Å². The summed E-state index contributed by atoms with van der Waals surface area (Å²) in [6.45, 7) is 20.7. The number of aryl methyl sites for hydroxylation is 1. The van der Waals surface area contributed by atoms with Crippen molar-refractivity contribution in [3.05, 3.63) is 124 Å². The third kappa shape index (κ3) is 11.1. The maximum Gasteiger partial charge on any atom is 0.337 e. The number of allylic oxidation sites excluding steroid dienone is 1. The number of hydrogen-bond donors (Lipinski definition) is 1. The number of fused-ring (bicyclic) bond motifs is 1. The van der Waals surface area contributed by atoms with Crippen molar-refractivity contribution in [3.63, 3.8) is 0 Å².